The van der Waals surface area contributed by atoms with Crippen molar-refractivity contribution in [2.75, 3.05) is 13.1 Å². The van der Waals surface area contributed by atoms with Crippen LogP contribution in [-0.4, -0.2) is 28.0 Å². The number of nitrogens with one attached hydrogen (secondary N) is 1. The lowest BCUT2D eigenvalue weighted by atomic mass is 9.96. The molecular formula is C9H15N3O. The van der Waals surface area contributed by atoms with E-state index in [1.165, 1.54) is 0 Å². The van der Waals surface area contributed by atoms with Crippen LogP contribution in [0.3, 0.4) is 0 Å². The van der Waals surface area contributed by atoms with E-state index in [9.17, 15) is 5.11 Å². The Bertz CT molecular complexity index is 293. The molecule has 0 radical (unpaired) electrons. The van der Waals surface area contributed by atoms with Gasteiger partial charge in [0.2, 0.25) is 0 Å². The van der Waals surface area contributed by atoms with Gasteiger partial charge in [-0.1, -0.05) is 0 Å². The topological polar surface area (TPSA) is 50.1 Å². The van der Waals surface area contributed by atoms with E-state index in [4.69, 9.17) is 0 Å². The van der Waals surface area contributed by atoms with Crippen LogP contribution in [0, 0.1) is 6.92 Å². The van der Waals surface area contributed by atoms with Gasteiger partial charge in [-0.05, 0) is 25.5 Å². The third-order valence-corrected chi connectivity index (χ3v) is 2.70. The average molecular weight is 181 g/mol. The molecule has 2 N–H and O–H groups in total. The smallest absolute Gasteiger partial charge is 0.120 e. The van der Waals surface area contributed by atoms with Crippen molar-refractivity contribution in [2.24, 2.45) is 7.05 Å². The molecule has 1 atom stereocenters. The van der Waals surface area contributed by atoms with E-state index in [-0.39, 0.29) is 0 Å². The van der Waals surface area contributed by atoms with Crippen LogP contribution in [0.1, 0.15) is 17.7 Å². The van der Waals surface area contributed by atoms with Crippen LogP contribution < -0.4 is 5.32 Å². The Balaban J connectivity index is 2.43. The molecule has 72 valence electrons. The van der Waals surface area contributed by atoms with Gasteiger partial charge in [0.1, 0.15) is 5.60 Å². The zero-order chi connectivity index (χ0) is 9.47. The fourth-order valence-corrected chi connectivity index (χ4v) is 2.10. The minimum atomic E-state index is -0.713. The van der Waals surface area contributed by atoms with Crippen molar-refractivity contribution in [1.29, 1.82) is 0 Å². The third-order valence-electron chi connectivity index (χ3n) is 2.70. The molecule has 0 aliphatic carbocycles. The number of hydrogen-bond donors (Lipinski definition) is 2. The summed E-state index contributed by atoms with van der Waals surface area (Å²) < 4.78 is 1.77. The molecule has 0 bridgehead atoms. The summed E-state index contributed by atoms with van der Waals surface area (Å²) in [5.74, 6) is 0. The maximum atomic E-state index is 10.3. The molecule has 1 unspecified atom stereocenters. The first-order chi connectivity index (χ1) is 6.13. The van der Waals surface area contributed by atoms with Gasteiger partial charge in [0.05, 0.1) is 11.9 Å². The molecule has 4 heteroatoms. The van der Waals surface area contributed by atoms with E-state index in [1.54, 1.807) is 10.9 Å². The summed E-state index contributed by atoms with van der Waals surface area (Å²) in [4.78, 5) is 0. The molecule has 1 saturated heterocycles. The maximum absolute atomic E-state index is 10.3. The fraction of sp³-hybridized carbons (Fsp3) is 0.667. The summed E-state index contributed by atoms with van der Waals surface area (Å²) in [6, 6.07) is 0. The number of aryl methyl sites for hydroxylation is 2. The zero-order valence-electron chi connectivity index (χ0n) is 8.04. The zero-order valence-corrected chi connectivity index (χ0v) is 8.04. The third kappa shape index (κ3) is 1.26. The highest BCUT2D eigenvalue weighted by Crippen LogP contribution is 2.29. The van der Waals surface area contributed by atoms with E-state index in [1.807, 2.05) is 14.0 Å². The van der Waals surface area contributed by atoms with Crippen molar-refractivity contribution in [2.45, 2.75) is 18.9 Å². The molecule has 0 amide bonds. The summed E-state index contributed by atoms with van der Waals surface area (Å²) in [5, 5.41) is 17.6. The Kier molecular flexibility index (Phi) is 1.89. The second-order valence-corrected chi connectivity index (χ2v) is 3.76. The Hall–Kier alpha value is -0.870. The molecule has 1 aliphatic heterocycles. The van der Waals surface area contributed by atoms with Gasteiger partial charge in [-0.2, -0.15) is 5.10 Å². The number of aliphatic hydroxyl groups is 1. The Morgan fingerprint density at radius 1 is 1.69 bits per heavy atom. The molecule has 13 heavy (non-hydrogen) atoms. The van der Waals surface area contributed by atoms with Crippen LogP contribution in [0.5, 0.6) is 0 Å². The minimum Gasteiger partial charge on any atom is -0.382 e. The molecule has 2 heterocycles. The van der Waals surface area contributed by atoms with Gasteiger partial charge in [-0.3, -0.25) is 4.68 Å². The monoisotopic (exact) mass is 181 g/mol. The van der Waals surface area contributed by atoms with Gasteiger partial charge in [0, 0.05) is 13.6 Å². The predicted molar refractivity (Wildman–Crippen MR) is 49.3 cm³/mol. The van der Waals surface area contributed by atoms with Crippen LogP contribution in [0.4, 0.5) is 0 Å². The number of aromatic nitrogens is 2. The molecular weight excluding hydrogens is 166 g/mol. The second-order valence-electron chi connectivity index (χ2n) is 3.76. The van der Waals surface area contributed by atoms with E-state index in [0.29, 0.717) is 6.54 Å². The van der Waals surface area contributed by atoms with Crippen molar-refractivity contribution < 1.29 is 5.11 Å². The number of rotatable bonds is 1. The quantitative estimate of drug-likeness (QED) is 0.636. The van der Waals surface area contributed by atoms with Crippen LogP contribution in [0.25, 0.3) is 0 Å². The first kappa shape index (κ1) is 8.72. The Labute approximate surface area is 77.6 Å². The summed E-state index contributed by atoms with van der Waals surface area (Å²) >= 11 is 0. The Morgan fingerprint density at radius 2 is 2.46 bits per heavy atom. The van der Waals surface area contributed by atoms with Crippen molar-refractivity contribution in [1.82, 2.24) is 15.1 Å². The SMILES string of the molecule is Cc1cnn(C)c1C1(O)CCNC1. The molecule has 4 nitrogen and oxygen atoms in total. The highest BCUT2D eigenvalue weighted by Gasteiger charge is 2.36. The molecule has 1 fully saturated rings. The summed E-state index contributed by atoms with van der Waals surface area (Å²) in [6.45, 7) is 3.49. The summed E-state index contributed by atoms with van der Waals surface area (Å²) in [6.07, 6.45) is 2.57. The largest absolute Gasteiger partial charge is 0.382 e. The predicted octanol–water partition coefficient (Wildman–Crippen LogP) is -0.0906. The van der Waals surface area contributed by atoms with Gasteiger partial charge in [-0.15, -0.1) is 0 Å². The minimum absolute atomic E-state index is 0.632. The van der Waals surface area contributed by atoms with Crippen LogP contribution in [0.15, 0.2) is 6.20 Å². The first-order valence-electron chi connectivity index (χ1n) is 4.56. The number of hydrogen-bond acceptors (Lipinski definition) is 3. The fourth-order valence-electron chi connectivity index (χ4n) is 2.10. The van der Waals surface area contributed by atoms with Gasteiger partial charge in [0.15, 0.2) is 0 Å². The lowest BCUT2D eigenvalue weighted by Crippen LogP contribution is -2.31. The molecule has 2 rings (SSSR count). The first-order valence-corrected chi connectivity index (χ1v) is 4.56. The highest BCUT2D eigenvalue weighted by molar-refractivity contribution is 5.24. The lowest BCUT2D eigenvalue weighted by molar-refractivity contribution is 0.0494. The van der Waals surface area contributed by atoms with E-state index >= 15 is 0 Å². The summed E-state index contributed by atoms with van der Waals surface area (Å²) in [5.41, 5.74) is 1.29. The van der Waals surface area contributed by atoms with E-state index < -0.39 is 5.60 Å². The molecule has 0 aromatic carbocycles. The molecule has 1 aromatic rings. The number of nitrogens with zero attached hydrogens (tertiary/aromatic N) is 2. The van der Waals surface area contributed by atoms with Crippen molar-refractivity contribution >= 4 is 0 Å². The lowest BCUT2D eigenvalue weighted by Gasteiger charge is -2.22. The number of β-amino-alcohol motifs (C(OH)–C–C–N with tert-alkyl or cyclic N) is 1. The Morgan fingerprint density at radius 3 is 2.92 bits per heavy atom. The molecule has 1 aliphatic rings. The normalized spacial score (nSPS) is 28.2. The van der Waals surface area contributed by atoms with Crippen molar-refractivity contribution in [3.05, 3.63) is 17.5 Å². The standard InChI is InChI=1S/C9H15N3O/c1-7-5-11-12(2)8(7)9(13)3-4-10-6-9/h5,10,13H,3-4,6H2,1-2H3. The van der Waals surface area contributed by atoms with E-state index in [2.05, 4.69) is 10.4 Å². The van der Waals surface area contributed by atoms with Gasteiger partial charge in [0.25, 0.3) is 0 Å². The van der Waals surface area contributed by atoms with Gasteiger partial charge >= 0.3 is 0 Å². The van der Waals surface area contributed by atoms with Crippen LogP contribution in [-0.2, 0) is 12.6 Å². The second kappa shape index (κ2) is 2.82. The molecule has 0 spiro atoms. The maximum Gasteiger partial charge on any atom is 0.120 e. The van der Waals surface area contributed by atoms with Gasteiger partial charge < -0.3 is 10.4 Å². The molecule has 0 saturated carbocycles. The van der Waals surface area contributed by atoms with Crippen LogP contribution in [0.2, 0.25) is 0 Å². The van der Waals surface area contributed by atoms with Crippen LogP contribution >= 0.6 is 0 Å². The van der Waals surface area contributed by atoms with Crippen molar-refractivity contribution in [3.8, 4) is 0 Å². The van der Waals surface area contributed by atoms with E-state index in [0.717, 1.165) is 24.2 Å². The van der Waals surface area contributed by atoms with Gasteiger partial charge in [-0.25, -0.2) is 0 Å². The summed E-state index contributed by atoms with van der Waals surface area (Å²) in [7, 11) is 1.87. The highest BCUT2D eigenvalue weighted by atomic mass is 16.3. The average Bonchev–Trinajstić information content (AvgIpc) is 2.60. The molecule has 1 aromatic heterocycles. The van der Waals surface area contributed by atoms with Crippen molar-refractivity contribution in [3.63, 3.8) is 0 Å².